The number of hydrogen-bond donors (Lipinski definition) is 0. The molecule has 0 aliphatic carbocycles. The van der Waals surface area contributed by atoms with Gasteiger partial charge in [-0.05, 0) is 26.0 Å². The number of benzene rings is 1. The van der Waals surface area contributed by atoms with Crippen LogP contribution in [-0.2, 0) is 4.74 Å². The number of carbonyl (C=O) groups is 1. The van der Waals surface area contributed by atoms with Crippen LogP contribution in [0.2, 0.25) is 0 Å². The Morgan fingerprint density at radius 3 is 2.69 bits per heavy atom. The van der Waals surface area contributed by atoms with Gasteiger partial charge in [0.05, 0.1) is 6.61 Å². The van der Waals surface area contributed by atoms with Crippen LogP contribution in [0, 0.1) is 0 Å². The summed E-state index contributed by atoms with van der Waals surface area (Å²) in [5.41, 5.74) is 1.73. The van der Waals surface area contributed by atoms with Crippen LogP contribution >= 0.6 is 0 Å². The zero-order chi connectivity index (χ0) is 12.0. The van der Waals surface area contributed by atoms with Gasteiger partial charge in [-0.1, -0.05) is 12.1 Å². The predicted octanol–water partition coefficient (Wildman–Crippen LogP) is 2.36. The Morgan fingerprint density at radius 2 is 2.06 bits per heavy atom. The normalized spacial score (nSPS) is 10.2. The highest BCUT2D eigenvalue weighted by molar-refractivity contribution is 5.99. The summed E-state index contributed by atoms with van der Waals surface area (Å²) in [5.74, 6) is 0.0962. The van der Waals surface area contributed by atoms with Crippen LogP contribution < -0.4 is 4.90 Å². The first kappa shape index (κ1) is 12.7. The lowest BCUT2D eigenvalue weighted by Crippen LogP contribution is -2.24. The van der Waals surface area contributed by atoms with Gasteiger partial charge in [-0.25, -0.2) is 0 Å². The van der Waals surface area contributed by atoms with E-state index >= 15 is 0 Å². The zero-order valence-corrected chi connectivity index (χ0v) is 10.2. The van der Waals surface area contributed by atoms with Gasteiger partial charge in [-0.15, -0.1) is 0 Å². The lowest BCUT2D eigenvalue weighted by atomic mass is 10.1. The van der Waals surface area contributed by atoms with Crippen molar-refractivity contribution in [1.82, 2.24) is 0 Å². The number of hydrogen-bond acceptors (Lipinski definition) is 3. The number of ether oxygens (including phenoxy) is 1. The molecular formula is C13H19NO2. The Morgan fingerprint density at radius 1 is 1.38 bits per heavy atom. The summed E-state index contributed by atoms with van der Waals surface area (Å²) in [6.45, 7) is 5.76. The third kappa shape index (κ3) is 3.35. The first-order chi connectivity index (χ1) is 7.66. The van der Waals surface area contributed by atoms with Crippen molar-refractivity contribution in [2.45, 2.75) is 13.8 Å². The zero-order valence-electron chi connectivity index (χ0n) is 10.2. The molecular weight excluding hydrogens is 202 g/mol. The third-order valence-electron chi connectivity index (χ3n) is 2.47. The van der Waals surface area contributed by atoms with Crippen molar-refractivity contribution in [3.8, 4) is 0 Å². The van der Waals surface area contributed by atoms with Crippen molar-refractivity contribution >= 4 is 11.5 Å². The molecule has 0 aliphatic rings. The molecule has 0 radical (unpaired) electrons. The number of Topliss-reactive ketones (excluding diaryl/α,β-unsaturated/α-hetero) is 1. The molecule has 0 spiro atoms. The maximum atomic E-state index is 11.4. The molecule has 0 bridgehead atoms. The molecule has 0 saturated carbocycles. The highest BCUT2D eigenvalue weighted by Gasteiger charge is 2.09. The van der Waals surface area contributed by atoms with E-state index < -0.39 is 0 Å². The van der Waals surface area contributed by atoms with E-state index in [0.717, 1.165) is 24.4 Å². The fourth-order valence-corrected chi connectivity index (χ4v) is 1.57. The van der Waals surface area contributed by atoms with Gasteiger partial charge in [-0.2, -0.15) is 0 Å². The van der Waals surface area contributed by atoms with Crippen molar-refractivity contribution in [1.29, 1.82) is 0 Å². The van der Waals surface area contributed by atoms with E-state index in [2.05, 4.69) is 0 Å². The van der Waals surface area contributed by atoms with Gasteiger partial charge < -0.3 is 9.64 Å². The smallest absolute Gasteiger partial charge is 0.161 e. The summed E-state index contributed by atoms with van der Waals surface area (Å²) in [7, 11) is 1.97. The molecule has 3 heteroatoms. The fourth-order valence-electron chi connectivity index (χ4n) is 1.57. The second kappa shape index (κ2) is 6.28. The first-order valence-corrected chi connectivity index (χ1v) is 5.55. The maximum Gasteiger partial charge on any atom is 0.161 e. The Kier molecular flexibility index (Phi) is 4.99. The largest absolute Gasteiger partial charge is 0.380 e. The van der Waals surface area contributed by atoms with Crippen molar-refractivity contribution in [3.63, 3.8) is 0 Å². The summed E-state index contributed by atoms with van der Waals surface area (Å²) >= 11 is 0. The van der Waals surface area contributed by atoms with Gasteiger partial charge >= 0.3 is 0 Å². The molecule has 1 aromatic carbocycles. The number of likely N-dealkylation sites (N-methyl/N-ethyl adjacent to an activating group) is 1. The van der Waals surface area contributed by atoms with Crippen LogP contribution in [0.4, 0.5) is 5.69 Å². The van der Waals surface area contributed by atoms with Crippen molar-refractivity contribution in [2.75, 3.05) is 31.7 Å². The summed E-state index contributed by atoms with van der Waals surface area (Å²) in [4.78, 5) is 13.5. The van der Waals surface area contributed by atoms with Crippen LogP contribution in [0.15, 0.2) is 24.3 Å². The van der Waals surface area contributed by atoms with E-state index in [1.54, 1.807) is 6.92 Å². The van der Waals surface area contributed by atoms with Crippen molar-refractivity contribution < 1.29 is 9.53 Å². The van der Waals surface area contributed by atoms with Crippen molar-refractivity contribution in [2.24, 2.45) is 0 Å². The molecule has 0 heterocycles. The molecule has 0 saturated heterocycles. The number of ketones is 1. The number of nitrogens with zero attached hydrogens (tertiary/aromatic N) is 1. The molecule has 0 aromatic heterocycles. The summed E-state index contributed by atoms with van der Waals surface area (Å²) in [6.07, 6.45) is 0. The molecule has 1 aromatic rings. The Balaban J connectivity index is 2.74. The van der Waals surface area contributed by atoms with Crippen LogP contribution in [0.3, 0.4) is 0 Å². The van der Waals surface area contributed by atoms with Gasteiger partial charge in [0, 0.05) is 31.5 Å². The van der Waals surface area contributed by atoms with Crippen LogP contribution in [0.25, 0.3) is 0 Å². The van der Waals surface area contributed by atoms with E-state index in [4.69, 9.17) is 4.74 Å². The molecule has 3 nitrogen and oxygen atoms in total. The molecule has 16 heavy (non-hydrogen) atoms. The number of carbonyl (C=O) groups excluding carboxylic acids is 1. The van der Waals surface area contributed by atoms with Gasteiger partial charge in [0.2, 0.25) is 0 Å². The van der Waals surface area contributed by atoms with Crippen LogP contribution in [0.1, 0.15) is 24.2 Å². The second-order valence-electron chi connectivity index (χ2n) is 3.69. The predicted molar refractivity (Wildman–Crippen MR) is 66.2 cm³/mol. The molecule has 1 rings (SSSR count). The average molecular weight is 221 g/mol. The SMILES string of the molecule is CCOCCN(C)c1ccccc1C(C)=O. The highest BCUT2D eigenvalue weighted by atomic mass is 16.5. The Hall–Kier alpha value is -1.35. The van der Waals surface area contributed by atoms with Crippen molar-refractivity contribution in [3.05, 3.63) is 29.8 Å². The molecule has 0 aliphatic heterocycles. The van der Waals surface area contributed by atoms with Crippen LogP contribution in [0.5, 0.6) is 0 Å². The average Bonchev–Trinajstić information content (AvgIpc) is 2.29. The summed E-state index contributed by atoms with van der Waals surface area (Å²) < 4.78 is 5.30. The molecule has 0 amide bonds. The molecule has 88 valence electrons. The monoisotopic (exact) mass is 221 g/mol. The minimum Gasteiger partial charge on any atom is -0.380 e. The van der Waals surface area contributed by atoms with E-state index in [1.165, 1.54) is 0 Å². The molecule has 0 unspecified atom stereocenters. The molecule has 0 fully saturated rings. The quantitative estimate of drug-likeness (QED) is 0.545. The molecule has 0 N–H and O–H groups in total. The van der Waals surface area contributed by atoms with E-state index in [0.29, 0.717) is 6.61 Å². The van der Waals surface area contributed by atoms with E-state index in [9.17, 15) is 4.79 Å². The lowest BCUT2D eigenvalue weighted by molar-refractivity contribution is 0.101. The van der Waals surface area contributed by atoms with Gasteiger partial charge in [0.25, 0.3) is 0 Å². The third-order valence-corrected chi connectivity index (χ3v) is 2.47. The number of anilines is 1. The fraction of sp³-hybridized carbons (Fsp3) is 0.462. The first-order valence-electron chi connectivity index (χ1n) is 5.55. The minimum atomic E-state index is 0.0962. The van der Waals surface area contributed by atoms with Gasteiger partial charge in [0.15, 0.2) is 5.78 Å². The number of rotatable bonds is 6. The maximum absolute atomic E-state index is 11.4. The topological polar surface area (TPSA) is 29.5 Å². The minimum absolute atomic E-state index is 0.0962. The van der Waals surface area contributed by atoms with E-state index in [1.807, 2.05) is 43.1 Å². The standard InChI is InChI=1S/C13H19NO2/c1-4-16-10-9-14(3)13-8-6-5-7-12(13)11(2)15/h5-8H,4,9-10H2,1-3H3. The second-order valence-corrected chi connectivity index (χ2v) is 3.69. The Bertz CT molecular complexity index is 350. The Labute approximate surface area is 97.0 Å². The lowest BCUT2D eigenvalue weighted by Gasteiger charge is -2.21. The van der Waals surface area contributed by atoms with Gasteiger partial charge in [-0.3, -0.25) is 4.79 Å². The summed E-state index contributed by atoms with van der Waals surface area (Å²) in [5, 5.41) is 0. The van der Waals surface area contributed by atoms with E-state index in [-0.39, 0.29) is 5.78 Å². The number of para-hydroxylation sites is 1. The molecule has 0 atom stereocenters. The van der Waals surface area contributed by atoms with Crippen LogP contribution in [-0.4, -0.2) is 32.6 Å². The van der Waals surface area contributed by atoms with Gasteiger partial charge in [0.1, 0.15) is 0 Å². The summed E-state index contributed by atoms with van der Waals surface area (Å²) in [6, 6.07) is 7.65. The highest BCUT2D eigenvalue weighted by Crippen LogP contribution is 2.19.